The highest BCUT2D eigenvalue weighted by molar-refractivity contribution is 7.98. The average molecular weight is 275 g/mol. The van der Waals surface area contributed by atoms with Gasteiger partial charge in [0, 0.05) is 24.5 Å². The molecular formula is C15H21N3S. The Balaban J connectivity index is 2.35. The van der Waals surface area contributed by atoms with Gasteiger partial charge in [-0.15, -0.1) is 0 Å². The molecule has 1 aromatic rings. The van der Waals surface area contributed by atoms with E-state index in [1.807, 2.05) is 17.8 Å². The zero-order valence-electron chi connectivity index (χ0n) is 11.9. The molecule has 2 rings (SSSR count). The lowest BCUT2D eigenvalue weighted by molar-refractivity contribution is 0.664. The maximum atomic E-state index is 9.36. The summed E-state index contributed by atoms with van der Waals surface area (Å²) in [6, 6.07) is 4.80. The number of pyridine rings is 1. The maximum Gasteiger partial charge on any atom is 0.146 e. The fourth-order valence-corrected chi connectivity index (χ4v) is 3.53. The molecule has 0 radical (unpaired) electrons. The number of fused-ring (bicyclic) bond motifs is 1. The highest BCUT2D eigenvalue weighted by Crippen LogP contribution is 2.28. The van der Waals surface area contributed by atoms with Gasteiger partial charge in [0.05, 0.1) is 5.56 Å². The van der Waals surface area contributed by atoms with Crippen molar-refractivity contribution < 1.29 is 0 Å². The predicted octanol–water partition coefficient (Wildman–Crippen LogP) is 3.02. The van der Waals surface area contributed by atoms with E-state index < -0.39 is 0 Å². The molecular weight excluding hydrogens is 254 g/mol. The summed E-state index contributed by atoms with van der Waals surface area (Å²) in [5, 5.41) is 9.36. The molecule has 0 fully saturated rings. The van der Waals surface area contributed by atoms with Crippen molar-refractivity contribution in [1.82, 2.24) is 4.98 Å². The Kier molecular flexibility index (Phi) is 4.71. The molecule has 3 nitrogen and oxygen atoms in total. The van der Waals surface area contributed by atoms with Crippen LogP contribution in [0.25, 0.3) is 0 Å². The van der Waals surface area contributed by atoms with Crippen LogP contribution in [0.1, 0.15) is 36.6 Å². The smallest absolute Gasteiger partial charge is 0.146 e. The predicted molar refractivity (Wildman–Crippen MR) is 81.8 cm³/mol. The highest BCUT2D eigenvalue weighted by Gasteiger charge is 2.21. The van der Waals surface area contributed by atoms with Gasteiger partial charge in [-0.3, -0.25) is 0 Å². The van der Waals surface area contributed by atoms with Gasteiger partial charge in [-0.05, 0) is 43.6 Å². The van der Waals surface area contributed by atoms with Crippen LogP contribution in [0.4, 0.5) is 5.82 Å². The number of anilines is 1. The summed E-state index contributed by atoms with van der Waals surface area (Å²) in [7, 11) is 2.06. The molecule has 1 atom stereocenters. The quantitative estimate of drug-likeness (QED) is 0.828. The molecule has 102 valence electrons. The van der Waals surface area contributed by atoms with Crippen LogP contribution in [0.15, 0.2) is 6.07 Å². The molecule has 0 bridgehead atoms. The van der Waals surface area contributed by atoms with E-state index >= 15 is 0 Å². The van der Waals surface area contributed by atoms with Crippen molar-refractivity contribution in [3.63, 3.8) is 0 Å². The lowest BCUT2D eigenvalue weighted by atomic mass is 10.1. The standard InChI is InChI=1S/C15H21N3S/c1-4-13(10-19-3)18(2)15-12(9-16)8-11-6-5-7-14(11)17-15/h8,13H,4-7,10H2,1-3H3. The minimum Gasteiger partial charge on any atom is -0.355 e. The maximum absolute atomic E-state index is 9.36. The number of hydrogen-bond acceptors (Lipinski definition) is 4. The Hall–Kier alpha value is -1.21. The molecule has 4 heteroatoms. The van der Waals surface area contributed by atoms with E-state index in [-0.39, 0.29) is 0 Å². The Bertz CT molecular complexity index is 493. The van der Waals surface area contributed by atoms with E-state index in [0.29, 0.717) is 6.04 Å². The zero-order valence-corrected chi connectivity index (χ0v) is 12.8. The van der Waals surface area contributed by atoms with Gasteiger partial charge in [0.1, 0.15) is 11.9 Å². The van der Waals surface area contributed by atoms with Crippen LogP contribution in [-0.2, 0) is 12.8 Å². The van der Waals surface area contributed by atoms with Crippen molar-refractivity contribution in [2.24, 2.45) is 0 Å². The van der Waals surface area contributed by atoms with Crippen LogP contribution in [0.3, 0.4) is 0 Å². The third-order valence-electron chi connectivity index (χ3n) is 3.86. The molecule has 0 amide bonds. The van der Waals surface area contributed by atoms with Crippen LogP contribution < -0.4 is 4.90 Å². The number of rotatable bonds is 5. The lowest BCUT2D eigenvalue weighted by Gasteiger charge is -2.29. The topological polar surface area (TPSA) is 39.9 Å². The fraction of sp³-hybridized carbons (Fsp3) is 0.600. The monoisotopic (exact) mass is 275 g/mol. The van der Waals surface area contributed by atoms with E-state index in [1.165, 1.54) is 17.7 Å². The fourth-order valence-electron chi connectivity index (χ4n) is 2.68. The molecule has 0 aromatic carbocycles. The Morgan fingerprint density at radius 2 is 2.32 bits per heavy atom. The van der Waals surface area contributed by atoms with E-state index in [4.69, 9.17) is 4.98 Å². The number of nitriles is 1. The summed E-state index contributed by atoms with van der Waals surface area (Å²) in [6.45, 7) is 2.19. The van der Waals surface area contributed by atoms with Crippen molar-refractivity contribution in [2.45, 2.75) is 38.6 Å². The van der Waals surface area contributed by atoms with E-state index in [2.05, 4.69) is 31.2 Å². The molecule has 0 saturated heterocycles. The number of aryl methyl sites for hydroxylation is 2. The van der Waals surface area contributed by atoms with E-state index in [1.54, 1.807) is 0 Å². The lowest BCUT2D eigenvalue weighted by Crippen LogP contribution is -2.34. The summed E-state index contributed by atoms with van der Waals surface area (Å²) in [5.74, 6) is 1.93. The molecule has 0 saturated carbocycles. The van der Waals surface area contributed by atoms with Gasteiger partial charge >= 0.3 is 0 Å². The second-order valence-electron chi connectivity index (χ2n) is 5.06. The first-order chi connectivity index (χ1) is 9.21. The third-order valence-corrected chi connectivity index (χ3v) is 4.58. The molecule has 1 aromatic heterocycles. The van der Waals surface area contributed by atoms with Crippen LogP contribution in [-0.4, -0.2) is 30.1 Å². The molecule has 1 aliphatic rings. The minimum atomic E-state index is 0.439. The van der Waals surface area contributed by atoms with E-state index in [9.17, 15) is 5.26 Å². The van der Waals surface area contributed by atoms with Crippen molar-refractivity contribution in [2.75, 3.05) is 24.0 Å². The molecule has 1 heterocycles. The van der Waals surface area contributed by atoms with Crippen molar-refractivity contribution in [1.29, 1.82) is 5.26 Å². The molecule has 0 N–H and O–H groups in total. The summed E-state index contributed by atoms with van der Waals surface area (Å²) in [4.78, 5) is 6.96. The second-order valence-corrected chi connectivity index (χ2v) is 5.97. The first-order valence-corrected chi connectivity index (χ1v) is 8.25. The molecule has 19 heavy (non-hydrogen) atoms. The second kappa shape index (κ2) is 6.29. The van der Waals surface area contributed by atoms with Crippen LogP contribution in [0, 0.1) is 11.3 Å². The summed E-state index contributed by atoms with van der Waals surface area (Å²) in [5.41, 5.74) is 3.19. The van der Waals surface area contributed by atoms with Crippen LogP contribution in [0.2, 0.25) is 0 Å². The average Bonchev–Trinajstić information content (AvgIpc) is 2.89. The SMILES string of the molecule is CCC(CSC)N(C)c1nc2c(cc1C#N)CCC2. The van der Waals surface area contributed by atoms with Crippen LogP contribution in [0.5, 0.6) is 0 Å². The Labute approximate surface area is 120 Å². The normalized spacial score (nSPS) is 14.8. The third kappa shape index (κ3) is 2.87. The van der Waals surface area contributed by atoms with Gasteiger partial charge in [0.25, 0.3) is 0 Å². The highest BCUT2D eigenvalue weighted by atomic mass is 32.2. The summed E-state index contributed by atoms with van der Waals surface area (Å²) < 4.78 is 0. The first kappa shape index (κ1) is 14.2. The van der Waals surface area contributed by atoms with Crippen molar-refractivity contribution in [3.8, 4) is 6.07 Å². The van der Waals surface area contributed by atoms with E-state index in [0.717, 1.165) is 36.4 Å². The Morgan fingerprint density at radius 1 is 1.53 bits per heavy atom. The number of thioether (sulfide) groups is 1. The van der Waals surface area contributed by atoms with Crippen molar-refractivity contribution in [3.05, 3.63) is 22.9 Å². The van der Waals surface area contributed by atoms with Crippen LogP contribution >= 0.6 is 11.8 Å². The number of hydrogen-bond donors (Lipinski definition) is 0. The van der Waals surface area contributed by atoms with Gasteiger partial charge in [0.15, 0.2) is 0 Å². The largest absolute Gasteiger partial charge is 0.355 e. The summed E-state index contributed by atoms with van der Waals surface area (Å²) >= 11 is 1.84. The molecule has 1 unspecified atom stereocenters. The number of aromatic nitrogens is 1. The number of nitrogens with zero attached hydrogens (tertiary/aromatic N) is 3. The van der Waals surface area contributed by atoms with Gasteiger partial charge in [-0.25, -0.2) is 4.98 Å². The molecule has 1 aliphatic carbocycles. The minimum absolute atomic E-state index is 0.439. The molecule has 0 spiro atoms. The van der Waals surface area contributed by atoms with Gasteiger partial charge in [0.2, 0.25) is 0 Å². The van der Waals surface area contributed by atoms with Gasteiger partial charge in [-0.2, -0.15) is 17.0 Å². The summed E-state index contributed by atoms with van der Waals surface area (Å²) in [6.07, 6.45) is 6.49. The zero-order chi connectivity index (χ0) is 13.8. The van der Waals surface area contributed by atoms with Gasteiger partial charge in [-0.1, -0.05) is 6.92 Å². The van der Waals surface area contributed by atoms with Crippen molar-refractivity contribution >= 4 is 17.6 Å². The first-order valence-electron chi connectivity index (χ1n) is 6.85. The van der Waals surface area contributed by atoms with Gasteiger partial charge < -0.3 is 4.90 Å². The Morgan fingerprint density at radius 3 is 2.95 bits per heavy atom. The molecule has 0 aliphatic heterocycles.